The summed E-state index contributed by atoms with van der Waals surface area (Å²) in [6.07, 6.45) is 1.27. The van der Waals surface area contributed by atoms with Gasteiger partial charge in [-0.1, -0.05) is 31.2 Å². The molecule has 0 radical (unpaired) electrons. The molecule has 2 amide bonds. The minimum absolute atomic E-state index is 0.0424. The van der Waals surface area contributed by atoms with Gasteiger partial charge in [-0.05, 0) is 41.8 Å². The third-order valence-corrected chi connectivity index (χ3v) is 5.02. The fourth-order valence-electron chi connectivity index (χ4n) is 3.49. The number of para-hydroxylation sites is 1. The van der Waals surface area contributed by atoms with Crippen molar-refractivity contribution in [2.75, 3.05) is 11.9 Å². The van der Waals surface area contributed by atoms with Crippen molar-refractivity contribution in [3.63, 3.8) is 0 Å². The number of carbonyl (C=O) groups excluding carboxylic acids is 2. The van der Waals surface area contributed by atoms with Crippen LogP contribution in [0, 0.1) is 0 Å². The number of nitrogens with one attached hydrogen (secondary N) is 1. The average molecular weight is 376 g/mol. The number of nitrogens with zero attached hydrogens (tertiary/aromatic N) is 1. The highest BCUT2D eigenvalue weighted by atomic mass is 16.4. The fraction of sp³-hybridized carbons (Fsp3) is 0.227. The van der Waals surface area contributed by atoms with Crippen LogP contribution >= 0.6 is 0 Å². The maximum Gasteiger partial charge on any atom is 0.349 e. The lowest BCUT2D eigenvalue weighted by Crippen LogP contribution is -2.35. The molecule has 0 bridgehead atoms. The monoisotopic (exact) mass is 376 g/mol. The highest BCUT2D eigenvalue weighted by Gasteiger charge is 2.20. The van der Waals surface area contributed by atoms with E-state index < -0.39 is 11.5 Å². The van der Waals surface area contributed by atoms with Gasteiger partial charge in [0, 0.05) is 30.6 Å². The zero-order valence-corrected chi connectivity index (χ0v) is 15.5. The first-order valence-corrected chi connectivity index (χ1v) is 9.29. The molecule has 3 aromatic rings. The maximum absolute atomic E-state index is 12.6. The number of carbonyl (C=O) groups is 2. The summed E-state index contributed by atoms with van der Waals surface area (Å²) < 4.78 is 5.23. The topological polar surface area (TPSA) is 79.6 Å². The van der Waals surface area contributed by atoms with Crippen molar-refractivity contribution in [3.8, 4) is 0 Å². The van der Waals surface area contributed by atoms with E-state index in [9.17, 15) is 14.4 Å². The molecule has 28 heavy (non-hydrogen) atoms. The normalized spacial score (nSPS) is 13.2. The highest BCUT2D eigenvalue weighted by Crippen LogP contribution is 2.23. The van der Waals surface area contributed by atoms with E-state index in [2.05, 4.69) is 5.32 Å². The quantitative estimate of drug-likeness (QED) is 0.711. The second kappa shape index (κ2) is 7.31. The van der Waals surface area contributed by atoms with E-state index in [-0.39, 0.29) is 11.5 Å². The van der Waals surface area contributed by atoms with Gasteiger partial charge in [0.2, 0.25) is 5.91 Å². The molecule has 0 aliphatic carbocycles. The number of rotatable bonds is 3. The zero-order chi connectivity index (χ0) is 19.7. The molecule has 1 N–H and O–H groups in total. The molecule has 1 aliphatic heterocycles. The minimum atomic E-state index is -0.672. The molecule has 0 saturated carbocycles. The van der Waals surface area contributed by atoms with Gasteiger partial charge in [0.1, 0.15) is 11.1 Å². The van der Waals surface area contributed by atoms with E-state index >= 15 is 0 Å². The Hall–Kier alpha value is -3.41. The summed E-state index contributed by atoms with van der Waals surface area (Å²) in [6, 6.07) is 14.2. The number of amides is 2. The SMILES string of the molecule is CCC(=O)N1CCc2ccc(NC(=O)c3cc4ccccc4oc3=O)cc2C1. The maximum atomic E-state index is 12.6. The van der Waals surface area contributed by atoms with Crippen LogP contribution in [0.3, 0.4) is 0 Å². The summed E-state index contributed by atoms with van der Waals surface area (Å²) >= 11 is 0. The third kappa shape index (κ3) is 3.41. The standard InChI is InChI=1S/C22H20N2O4/c1-2-20(25)24-10-9-14-7-8-17(11-16(14)13-24)23-21(26)18-12-15-5-3-4-6-19(15)28-22(18)27/h3-8,11-12H,2,9-10,13H2,1H3,(H,23,26). The number of benzene rings is 2. The molecule has 0 saturated heterocycles. The van der Waals surface area contributed by atoms with Crippen molar-refractivity contribution in [3.05, 3.63) is 75.6 Å². The van der Waals surface area contributed by atoms with Crippen molar-refractivity contribution < 1.29 is 14.0 Å². The van der Waals surface area contributed by atoms with E-state index in [4.69, 9.17) is 4.42 Å². The molecular formula is C22H20N2O4. The van der Waals surface area contributed by atoms with Gasteiger partial charge in [0.25, 0.3) is 5.91 Å². The molecular weight excluding hydrogens is 356 g/mol. The molecule has 6 heteroatoms. The van der Waals surface area contributed by atoms with Crippen molar-refractivity contribution in [2.45, 2.75) is 26.3 Å². The lowest BCUT2D eigenvalue weighted by Gasteiger charge is -2.29. The van der Waals surface area contributed by atoms with Crippen LogP contribution < -0.4 is 10.9 Å². The molecule has 4 rings (SSSR count). The van der Waals surface area contributed by atoms with Crippen LogP contribution in [0.25, 0.3) is 11.0 Å². The summed E-state index contributed by atoms with van der Waals surface area (Å²) in [5.41, 5.74) is 2.49. The predicted octanol–water partition coefficient (Wildman–Crippen LogP) is 3.34. The predicted molar refractivity (Wildman–Crippen MR) is 106 cm³/mol. The first kappa shape index (κ1) is 18.0. The number of fused-ring (bicyclic) bond motifs is 2. The Balaban J connectivity index is 1.58. The molecule has 0 fully saturated rings. The lowest BCUT2D eigenvalue weighted by molar-refractivity contribution is -0.131. The van der Waals surface area contributed by atoms with Gasteiger partial charge in [0.05, 0.1) is 0 Å². The van der Waals surface area contributed by atoms with E-state index in [0.717, 1.165) is 12.0 Å². The molecule has 0 unspecified atom stereocenters. The van der Waals surface area contributed by atoms with Gasteiger partial charge in [0.15, 0.2) is 0 Å². The Bertz CT molecular complexity index is 1130. The van der Waals surface area contributed by atoms with Gasteiger partial charge in [-0.3, -0.25) is 9.59 Å². The molecule has 6 nitrogen and oxygen atoms in total. The highest BCUT2D eigenvalue weighted by molar-refractivity contribution is 6.05. The zero-order valence-electron chi connectivity index (χ0n) is 15.5. The molecule has 1 aromatic heterocycles. The molecule has 0 spiro atoms. The Morgan fingerprint density at radius 2 is 1.93 bits per heavy atom. The smallest absolute Gasteiger partial charge is 0.349 e. The Labute approximate surface area is 161 Å². The van der Waals surface area contributed by atoms with Crippen molar-refractivity contribution in [2.24, 2.45) is 0 Å². The average Bonchev–Trinajstić information content (AvgIpc) is 2.72. The summed E-state index contributed by atoms with van der Waals surface area (Å²) in [6.45, 7) is 3.09. The Morgan fingerprint density at radius 3 is 2.75 bits per heavy atom. The summed E-state index contributed by atoms with van der Waals surface area (Å²) in [4.78, 5) is 38.6. The lowest BCUT2D eigenvalue weighted by atomic mass is 9.98. The summed E-state index contributed by atoms with van der Waals surface area (Å²) in [5, 5.41) is 3.46. The van der Waals surface area contributed by atoms with Crippen LogP contribution in [0.2, 0.25) is 0 Å². The van der Waals surface area contributed by atoms with Gasteiger partial charge in [-0.2, -0.15) is 0 Å². The van der Waals surface area contributed by atoms with Gasteiger partial charge in [-0.15, -0.1) is 0 Å². The van der Waals surface area contributed by atoms with E-state index in [0.29, 0.717) is 36.2 Å². The van der Waals surface area contributed by atoms with Gasteiger partial charge >= 0.3 is 5.63 Å². The van der Waals surface area contributed by atoms with Gasteiger partial charge < -0.3 is 14.6 Å². The summed E-state index contributed by atoms with van der Waals surface area (Å²) in [7, 11) is 0. The van der Waals surface area contributed by atoms with Gasteiger partial charge in [-0.25, -0.2) is 4.79 Å². The first-order valence-electron chi connectivity index (χ1n) is 9.29. The van der Waals surface area contributed by atoms with Crippen LogP contribution in [0.4, 0.5) is 5.69 Å². The van der Waals surface area contributed by atoms with Crippen LogP contribution in [-0.2, 0) is 17.8 Å². The largest absolute Gasteiger partial charge is 0.422 e. The van der Waals surface area contributed by atoms with E-state index in [1.54, 1.807) is 18.2 Å². The Kier molecular flexibility index (Phi) is 4.69. The second-order valence-electron chi connectivity index (χ2n) is 6.84. The minimum Gasteiger partial charge on any atom is -0.422 e. The van der Waals surface area contributed by atoms with Crippen LogP contribution in [0.5, 0.6) is 0 Å². The third-order valence-electron chi connectivity index (χ3n) is 5.02. The van der Waals surface area contributed by atoms with E-state index in [1.807, 2.05) is 36.1 Å². The Morgan fingerprint density at radius 1 is 1.11 bits per heavy atom. The van der Waals surface area contributed by atoms with E-state index in [1.165, 1.54) is 11.6 Å². The second-order valence-corrected chi connectivity index (χ2v) is 6.84. The van der Waals surface area contributed by atoms with Crippen LogP contribution in [0.15, 0.2) is 57.7 Å². The van der Waals surface area contributed by atoms with Crippen molar-refractivity contribution in [1.29, 1.82) is 0 Å². The molecule has 2 heterocycles. The van der Waals surface area contributed by atoms with Crippen LogP contribution in [0.1, 0.15) is 34.8 Å². The number of anilines is 1. The first-order chi connectivity index (χ1) is 13.5. The molecule has 0 atom stereocenters. The van der Waals surface area contributed by atoms with Crippen molar-refractivity contribution >= 4 is 28.5 Å². The van der Waals surface area contributed by atoms with Crippen LogP contribution in [-0.4, -0.2) is 23.3 Å². The number of hydrogen-bond donors (Lipinski definition) is 1. The molecule has 1 aliphatic rings. The molecule has 142 valence electrons. The van der Waals surface area contributed by atoms with Crippen molar-refractivity contribution in [1.82, 2.24) is 4.90 Å². The molecule has 2 aromatic carbocycles. The fourth-order valence-corrected chi connectivity index (χ4v) is 3.49. The summed E-state index contributed by atoms with van der Waals surface area (Å²) in [5.74, 6) is -0.398. The number of hydrogen-bond acceptors (Lipinski definition) is 4.